The van der Waals surface area contributed by atoms with Crippen LogP contribution in [0.5, 0.6) is 5.75 Å². The second-order valence-corrected chi connectivity index (χ2v) is 6.00. The van der Waals surface area contributed by atoms with Crippen LogP contribution in [0.3, 0.4) is 0 Å². The molecule has 1 aromatic rings. The van der Waals surface area contributed by atoms with Crippen LogP contribution in [0.1, 0.15) is 58.1 Å². The number of likely N-dealkylation sites (N-methyl/N-ethyl adjacent to an activating group) is 1. The molecule has 2 unspecified atom stereocenters. The van der Waals surface area contributed by atoms with E-state index in [4.69, 9.17) is 9.47 Å². The topological polar surface area (TPSA) is 30.5 Å². The zero-order valence-electron chi connectivity index (χ0n) is 13.7. The molecule has 2 rings (SSSR count). The number of para-hydroxylation sites is 1. The number of benzene rings is 1. The molecule has 1 aliphatic rings. The van der Waals surface area contributed by atoms with Crippen LogP contribution < -0.4 is 10.1 Å². The molecule has 1 aliphatic heterocycles. The van der Waals surface area contributed by atoms with Crippen molar-refractivity contribution < 1.29 is 9.47 Å². The third-order valence-corrected chi connectivity index (χ3v) is 4.21. The van der Waals surface area contributed by atoms with Crippen molar-refractivity contribution in [3.8, 4) is 5.75 Å². The molecule has 2 atom stereocenters. The fourth-order valence-corrected chi connectivity index (χ4v) is 3.10. The smallest absolute Gasteiger partial charge is 0.124 e. The SMILES string of the molecule is CCCOc1ccccc1C(NCC)C1(C)CCCCO1. The average molecular weight is 291 g/mol. The van der Waals surface area contributed by atoms with Crippen LogP contribution in [0.2, 0.25) is 0 Å². The van der Waals surface area contributed by atoms with Gasteiger partial charge in [0.25, 0.3) is 0 Å². The molecule has 0 amide bonds. The molecule has 0 radical (unpaired) electrons. The lowest BCUT2D eigenvalue weighted by atomic mass is 9.83. The van der Waals surface area contributed by atoms with Gasteiger partial charge < -0.3 is 14.8 Å². The van der Waals surface area contributed by atoms with Crippen LogP contribution >= 0.6 is 0 Å². The van der Waals surface area contributed by atoms with Gasteiger partial charge in [-0.15, -0.1) is 0 Å². The van der Waals surface area contributed by atoms with E-state index in [9.17, 15) is 0 Å². The van der Waals surface area contributed by atoms with Crippen molar-refractivity contribution >= 4 is 0 Å². The summed E-state index contributed by atoms with van der Waals surface area (Å²) in [6.45, 7) is 9.05. The number of ether oxygens (including phenoxy) is 2. The van der Waals surface area contributed by atoms with Crippen molar-refractivity contribution in [1.82, 2.24) is 5.32 Å². The molecule has 1 N–H and O–H groups in total. The molecule has 0 saturated carbocycles. The second-order valence-electron chi connectivity index (χ2n) is 6.00. The van der Waals surface area contributed by atoms with E-state index in [0.29, 0.717) is 0 Å². The number of rotatable bonds is 7. The maximum absolute atomic E-state index is 6.18. The predicted octanol–water partition coefficient (Wildman–Crippen LogP) is 4.09. The van der Waals surface area contributed by atoms with Crippen LogP contribution in [0.25, 0.3) is 0 Å². The van der Waals surface area contributed by atoms with E-state index >= 15 is 0 Å². The second kappa shape index (κ2) is 7.81. The van der Waals surface area contributed by atoms with Gasteiger partial charge in [0.2, 0.25) is 0 Å². The van der Waals surface area contributed by atoms with E-state index in [1.807, 2.05) is 6.07 Å². The molecule has 0 aromatic heterocycles. The Morgan fingerprint density at radius 2 is 2.10 bits per heavy atom. The highest BCUT2D eigenvalue weighted by atomic mass is 16.5. The van der Waals surface area contributed by atoms with Gasteiger partial charge in [0.1, 0.15) is 5.75 Å². The van der Waals surface area contributed by atoms with Gasteiger partial charge in [-0.25, -0.2) is 0 Å². The highest BCUT2D eigenvalue weighted by Crippen LogP contribution is 2.39. The van der Waals surface area contributed by atoms with Gasteiger partial charge in [0, 0.05) is 12.2 Å². The maximum atomic E-state index is 6.18. The highest BCUT2D eigenvalue weighted by molar-refractivity contribution is 5.37. The predicted molar refractivity (Wildman–Crippen MR) is 86.9 cm³/mol. The molecule has 1 saturated heterocycles. The van der Waals surface area contributed by atoms with Gasteiger partial charge in [-0.1, -0.05) is 32.0 Å². The summed E-state index contributed by atoms with van der Waals surface area (Å²) in [5.41, 5.74) is 1.07. The normalized spacial score (nSPS) is 23.8. The van der Waals surface area contributed by atoms with E-state index in [1.54, 1.807) is 0 Å². The van der Waals surface area contributed by atoms with Crippen molar-refractivity contribution in [2.45, 2.75) is 58.1 Å². The Morgan fingerprint density at radius 1 is 1.29 bits per heavy atom. The first kappa shape index (κ1) is 16.3. The maximum Gasteiger partial charge on any atom is 0.124 e. The van der Waals surface area contributed by atoms with Gasteiger partial charge in [-0.2, -0.15) is 0 Å². The van der Waals surface area contributed by atoms with Crippen LogP contribution in [-0.4, -0.2) is 25.4 Å². The Labute approximate surface area is 129 Å². The quantitative estimate of drug-likeness (QED) is 0.821. The summed E-state index contributed by atoms with van der Waals surface area (Å²) in [5.74, 6) is 0.987. The lowest BCUT2D eigenvalue weighted by molar-refractivity contribution is -0.0899. The molecule has 1 aromatic carbocycles. The Hall–Kier alpha value is -1.06. The molecule has 118 valence electrons. The molecular formula is C18H29NO2. The van der Waals surface area contributed by atoms with E-state index in [-0.39, 0.29) is 11.6 Å². The Kier molecular flexibility index (Phi) is 6.07. The van der Waals surface area contributed by atoms with Crippen molar-refractivity contribution in [3.05, 3.63) is 29.8 Å². The number of hydrogen-bond donors (Lipinski definition) is 1. The zero-order chi connectivity index (χ0) is 15.1. The fraction of sp³-hybridized carbons (Fsp3) is 0.667. The van der Waals surface area contributed by atoms with Crippen LogP contribution in [0, 0.1) is 0 Å². The van der Waals surface area contributed by atoms with Crippen LogP contribution in [0.15, 0.2) is 24.3 Å². The van der Waals surface area contributed by atoms with E-state index < -0.39 is 0 Å². The first-order valence-corrected chi connectivity index (χ1v) is 8.30. The summed E-state index contributed by atoms with van der Waals surface area (Å²) in [4.78, 5) is 0. The van der Waals surface area contributed by atoms with Gasteiger partial charge >= 0.3 is 0 Å². The van der Waals surface area contributed by atoms with E-state index in [2.05, 4.69) is 44.3 Å². The molecule has 0 spiro atoms. The average Bonchev–Trinajstić information content (AvgIpc) is 2.51. The van der Waals surface area contributed by atoms with Crippen molar-refractivity contribution in [2.24, 2.45) is 0 Å². The van der Waals surface area contributed by atoms with Gasteiger partial charge in [0.15, 0.2) is 0 Å². The molecule has 0 bridgehead atoms. The van der Waals surface area contributed by atoms with Crippen LogP contribution in [-0.2, 0) is 4.74 Å². The molecule has 21 heavy (non-hydrogen) atoms. The van der Waals surface area contributed by atoms with Gasteiger partial charge in [0.05, 0.1) is 18.2 Å². The van der Waals surface area contributed by atoms with Crippen molar-refractivity contribution in [1.29, 1.82) is 0 Å². The molecule has 0 aliphatic carbocycles. The molecule has 3 heteroatoms. The fourth-order valence-electron chi connectivity index (χ4n) is 3.10. The summed E-state index contributed by atoms with van der Waals surface area (Å²) >= 11 is 0. The van der Waals surface area contributed by atoms with Gasteiger partial charge in [-0.3, -0.25) is 0 Å². The minimum absolute atomic E-state index is 0.153. The third kappa shape index (κ3) is 3.98. The monoisotopic (exact) mass is 291 g/mol. The standard InChI is InChI=1S/C18H29NO2/c1-4-13-20-16-11-7-6-10-15(16)17(19-5-2)18(3)12-8-9-14-21-18/h6-7,10-11,17,19H,4-5,8-9,12-14H2,1-3H3. The van der Waals surface area contributed by atoms with Gasteiger partial charge in [-0.05, 0) is 45.2 Å². The summed E-state index contributed by atoms with van der Waals surface area (Å²) < 4.78 is 12.1. The van der Waals surface area contributed by atoms with E-state index in [1.165, 1.54) is 18.4 Å². The highest BCUT2D eigenvalue weighted by Gasteiger charge is 2.38. The first-order valence-electron chi connectivity index (χ1n) is 8.30. The Balaban J connectivity index is 2.28. The number of nitrogens with one attached hydrogen (secondary N) is 1. The van der Waals surface area contributed by atoms with Crippen molar-refractivity contribution in [2.75, 3.05) is 19.8 Å². The molecule has 1 fully saturated rings. The first-order chi connectivity index (χ1) is 10.2. The van der Waals surface area contributed by atoms with Crippen LogP contribution in [0.4, 0.5) is 0 Å². The molecule has 1 heterocycles. The summed E-state index contributed by atoms with van der Waals surface area (Å²) in [6.07, 6.45) is 4.51. The number of hydrogen-bond acceptors (Lipinski definition) is 3. The van der Waals surface area contributed by atoms with Crippen molar-refractivity contribution in [3.63, 3.8) is 0 Å². The minimum Gasteiger partial charge on any atom is -0.493 e. The third-order valence-electron chi connectivity index (χ3n) is 4.21. The lowest BCUT2D eigenvalue weighted by Gasteiger charge is -2.41. The Morgan fingerprint density at radius 3 is 2.76 bits per heavy atom. The Bertz CT molecular complexity index is 427. The van der Waals surface area contributed by atoms with E-state index in [0.717, 1.165) is 38.3 Å². The summed E-state index contributed by atoms with van der Waals surface area (Å²) in [6, 6.07) is 8.55. The minimum atomic E-state index is -0.153. The largest absolute Gasteiger partial charge is 0.493 e. The lowest BCUT2D eigenvalue weighted by Crippen LogP contribution is -2.46. The zero-order valence-corrected chi connectivity index (χ0v) is 13.7. The summed E-state index contributed by atoms with van der Waals surface area (Å²) in [5, 5.41) is 3.62. The summed E-state index contributed by atoms with van der Waals surface area (Å²) in [7, 11) is 0. The molecule has 3 nitrogen and oxygen atoms in total. The molecular weight excluding hydrogens is 262 g/mol.